The van der Waals surface area contributed by atoms with Crippen LogP contribution in [0.4, 0.5) is 0 Å². The molecular formula is C15H25NO3. The van der Waals surface area contributed by atoms with Crippen LogP contribution in [-0.4, -0.2) is 36.4 Å². The van der Waals surface area contributed by atoms with E-state index in [1.807, 2.05) is 0 Å². The fraction of sp³-hybridized carbons (Fsp3) is 0.933. The van der Waals surface area contributed by atoms with Crippen LogP contribution in [-0.2, 0) is 9.53 Å². The Morgan fingerprint density at radius 3 is 2.63 bits per heavy atom. The molecule has 3 fully saturated rings. The van der Waals surface area contributed by atoms with Crippen LogP contribution in [0, 0.1) is 11.3 Å². The Kier molecular flexibility index (Phi) is 3.56. The van der Waals surface area contributed by atoms with Gasteiger partial charge < -0.3 is 15.2 Å². The quantitative estimate of drug-likeness (QED) is 0.805. The highest BCUT2D eigenvalue weighted by Crippen LogP contribution is 2.48. The molecule has 108 valence electrons. The second-order valence-electron chi connectivity index (χ2n) is 6.67. The molecular weight excluding hydrogens is 242 g/mol. The van der Waals surface area contributed by atoms with Crippen LogP contribution in [0.1, 0.15) is 51.4 Å². The molecule has 0 aromatic rings. The number of rotatable bonds is 2. The molecule has 2 unspecified atom stereocenters. The zero-order valence-electron chi connectivity index (χ0n) is 11.6. The van der Waals surface area contributed by atoms with Crippen molar-refractivity contribution < 1.29 is 14.6 Å². The van der Waals surface area contributed by atoms with Gasteiger partial charge in [0.05, 0.1) is 11.0 Å². The third kappa shape index (κ3) is 2.29. The minimum atomic E-state index is -0.602. The minimum absolute atomic E-state index is 0.00616. The van der Waals surface area contributed by atoms with Crippen LogP contribution >= 0.6 is 0 Å². The third-order valence-corrected chi connectivity index (χ3v) is 5.65. The summed E-state index contributed by atoms with van der Waals surface area (Å²) in [5.74, 6) is -0.317. The molecule has 2 heterocycles. The van der Waals surface area contributed by atoms with Gasteiger partial charge in [0.2, 0.25) is 0 Å². The van der Waals surface area contributed by atoms with E-state index in [0.29, 0.717) is 6.54 Å². The standard InChI is InChI=1S/C15H25NO3/c17-13(18)15(7-8-16-11-15)12-4-9-19-14(10-12)5-2-1-3-6-14/h12,16H,1-11H2,(H,17,18). The van der Waals surface area contributed by atoms with E-state index in [9.17, 15) is 9.90 Å². The van der Waals surface area contributed by atoms with Gasteiger partial charge in [0.25, 0.3) is 0 Å². The summed E-state index contributed by atoms with van der Waals surface area (Å²) in [7, 11) is 0. The Hall–Kier alpha value is -0.610. The van der Waals surface area contributed by atoms with Crippen molar-refractivity contribution in [2.75, 3.05) is 19.7 Å². The molecule has 0 aromatic heterocycles. The number of aliphatic carboxylic acids is 1. The number of ether oxygens (including phenoxy) is 1. The first kappa shape index (κ1) is 13.4. The Balaban J connectivity index is 1.78. The van der Waals surface area contributed by atoms with Gasteiger partial charge in [-0.2, -0.15) is 0 Å². The van der Waals surface area contributed by atoms with Gasteiger partial charge in [0.1, 0.15) is 0 Å². The molecule has 2 atom stereocenters. The first-order valence-corrected chi connectivity index (χ1v) is 7.75. The number of carbonyl (C=O) groups is 1. The second-order valence-corrected chi connectivity index (χ2v) is 6.67. The van der Waals surface area contributed by atoms with E-state index in [-0.39, 0.29) is 11.5 Å². The molecule has 1 aliphatic carbocycles. The first-order valence-electron chi connectivity index (χ1n) is 7.75. The van der Waals surface area contributed by atoms with Gasteiger partial charge in [0.15, 0.2) is 0 Å². The third-order valence-electron chi connectivity index (χ3n) is 5.65. The Morgan fingerprint density at radius 2 is 2.00 bits per heavy atom. The monoisotopic (exact) mass is 267 g/mol. The van der Waals surface area contributed by atoms with Crippen molar-refractivity contribution in [1.82, 2.24) is 5.32 Å². The normalized spacial score (nSPS) is 38.4. The first-order chi connectivity index (χ1) is 9.17. The van der Waals surface area contributed by atoms with E-state index in [1.54, 1.807) is 0 Å². The average Bonchev–Trinajstić information content (AvgIpc) is 2.90. The second kappa shape index (κ2) is 5.06. The van der Waals surface area contributed by atoms with Crippen LogP contribution in [0.25, 0.3) is 0 Å². The van der Waals surface area contributed by atoms with E-state index in [0.717, 1.165) is 45.3 Å². The van der Waals surface area contributed by atoms with Crippen molar-refractivity contribution in [3.05, 3.63) is 0 Å². The van der Waals surface area contributed by atoms with E-state index >= 15 is 0 Å². The molecule has 2 aliphatic heterocycles. The summed E-state index contributed by atoms with van der Waals surface area (Å²) in [5, 5.41) is 13.0. The summed E-state index contributed by atoms with van der Waals surface area (Å²) < 4.78 is 6.11. The van der Waals surface area contributed by atoms with Gasteiger partial charge in [-0.05, 0) is 44.6 Å². The molecule has 1 spiro atoms. The maximum Gasteiger partial charge on any atom is 0.311 e. The number of hydrogen-bond donors (Lipinski definition) is 2. The predicted molar refractivity (Wildman–Crippen MR) is 72.0 cm³/mol. The molecule has 0 radical (unpaired) electrons. The Morgan fingerprint density at radius 1 is 1.21 bits per heavy atom. The van der Waals surface area contributed by atoms with Crippen molar-refractivity contribution in [1.29, 1.82) is 0 Å². The van der Waals surface area contributed by atoms with Crippen molar-refractivity contribution in [3.63, 3.8) is 0 Å². The number of nitrogens with one attached hydrogen (secondary N) is 1. The molecule has 0 amide bonds. The summed E-state index contributed by atoms with van der Waals surface area (Å²) in [4.78, 5) is 11.8. The molecule has 0 bridgehead atoms. The van der Waals surface area contributed by atoms with Crippen LogP contribution in [0.3, 0.4) is 0 Å². The summed E-state index contributed by atoms with van der Waals surface area (Å²) >= 11 is 0. The molecule has 2 N–H and O–H groups in total. The number of carboxylic acids is 1. The highest BCUT2D eigenvalue weighted by molar-refractivity contribution is 5.76. The SMILES string of the molecule is O=C(O)C1(C2CCOC3(CCCCC3)C2)CCNC1. The van der Waals surface area contributed by atoms with Gasteiger partial charge in [-0.1, -0.05) is 19.3 Å². The van der Waals surface area contributed by atoms with E-state index in [1.165, 1.54) is 19.3 Å². The fourth-order valence-electron chi connectivity index (χ4n) is 4.46. The Bertz CT molecular complexity index is 338. The lowest BCUT2D eigenvalue weighted by Crippen LogP contribution is -2.50. The smallest absolute Gasteiger partial charge is 0.311 e. The maximum atomic E-state index is 11.8. The summed E-state index contributed by atoms with van der Waals surface area (Å²) in [6.07, 6.45) is 8.70. The number of hydrogen-bond acceptors (Lipinski definition) is 3. The molecule has 0 aromatic carbocycles. The summed E-state index contributed by atoms with van der Waals surface area (Å²) in [6.45, 7) is 2.24. The molecule has 3 rings (SSSR count). The van der Waals surface area contributed by atoms with Gasteiger partial charge in [-0.3, -0.25) is 4.79 Å². The largest absolute Gasteiger partial charge is 0.481 e. The lowest BCUT2D eigenvalue weighted by atomic mass is 9.65. The molecule has 4 heteroatoms. The molecule has 19 heavy (non-hydrogen) atoms. The van der Waals surface area contributed by atoms with E-state index < -0.39 is 11.4 Å². The summed E-state index contributed by atoms with van der Waals surface area (Å²) in [6, 6.07) is 0. The molecule has 1 saturated carbocycles. The zero-order valence-corrected chi connectivity index (χ0v) is 11.6. The predicted octanol–water partition coefficient (Wildman–Crippen LogP) is 2.18. The van der Waals surface area contributed by atoms with Crippen LogP contribution in [0.5, 0.6) is 0 Å². The zero-order chi connectivity index (χ0) is 13.3. The maximum absolute atomic E-state index is 11.8. The van der Waals surface area contributed by atoms with Crippen molar-refractivity contribution in [3.8, 4) is 0 Å². The average molecular weight is 267 g/mol. The van der Waals surface area contributed by atoms with Gasteiger partial charge in [0, 0.05) is 13.2 Å². The highest BCUT2D eigenvalue weighted by atomic mass is 16.5. The molecule has 4 nitrogen and oxygen atoms in total. The Labute approximate surface area is 114 Å². The molecule has 3 aliphatic rings. The highest BCUT2D eigenvalue weighted by Gasteiger charge is 2.52. The lowest BCUT2D eigenvalue weighted by Gasteiger charge is -2.47. The fourth-order valence-corrected chi connectivity index (χ4v) is 4.46. The summed E-state index contributed by atoms with van der Waals surface area (Å²) in [5.41, 5.74) is -0.527. The van der Waals surface area contributed by atoms with Crippen LogP contribution < -0.4 is 5.32 Å². The van der Waals surface area contributed by atoms with Gasteiger partial charge >= 0.3 is 5.97 Å². The molecule has 2 saturated heterocycles. The minimum Gasteiger partial charge on any atom is -0.481 e. The van der Waals surface area contributed by atoms with Crippen LogP contribution in [0.15, 0.2) is 0 Å². The topological polar surface area (TPSA) is 58.6 Å². The lowest BCUT2D eigenvalue weighted by molar-refractivity contribution is -0.165. The van der Waals surface area contributed by atoms with Gasteiger partial charge in [-0.15, -0.1) is 0 Å². The van der Waals surface area contributed by atoms with E-state index in [4.69, 9.17) is 4.74 Å². The van der Waals surface area contributed by atoms with Crippen molar-refractivity contribution >= 4 is 5.97 Å². The van der Waals surface area contributed by atoms with E-state index in [2.05, 4.69) is 5.32 Å². The van der Waals surface area contributed by atoms with Crippen molar-refractivity contribution in [2.45, 2.75) is 57.0 Å². The van der Waals surface area contributed by atoms with Gasteiger partial charge in [-0.25, -0.2) is 0 Å². The number of carboxylic acid groups (broad SMARTS) is 1. The van der Waals surface area contributed by atoms with Crippen molar-refractivity contribution in [2.24, 2.45) is 11.3 Å². The van der Waals surface area contributed by atoms with Crippen LogP contribution in [0.2, 0.25) is 0 Å².